The summed E-state index contributed by atoms with van der Waals surface area (Å²) >= 11 is 0. The van der Waals surface area contributed by atoms with E-state index in [1.807, 2.05) is 64.1 Å². The lowest BCUT2D eigenvalue weighted by Crippen LogP contribution is -2.14. The van der Waals surface area contributed by atoms with Gasteiger partial charge in [-0.3, -0.25) is 20.1 Å². The summed E-state index contributed by atoms with van der Waals surface area (Å²) in [7, 11) is 0. The van der Waals surface area contributed by atoms with Crippen LogP contribution in [0.1, 0.15) is 54.1 Å². The van der Waals surface area contributed by atoms with Crippen molar-refractivity contribution < 1.29 is 24.0 Å². The first-order valence-electron chi connectivity index (χ1n) is 14.7. The van der Waals surface area contributed by atoms with Crippen molar-refractivity contribution >= 4 is 41.4 Å². The Bertz CT molecular complexity index is 2030. The Kier molecular flexibility index (Phi) is 9.76. The van der Waals surface area contributed by atoms with Crippen molar-refractivity contribution in [1.82, 2.24) is 0 Å². The van der Waals surface area contributed by atoms with Crippen LogP contribution in [0.3, 0.4) is 0 Å². The minimum absolute atomic E-state index is 0.0960. The average Bonchev–Trinajstić information content (AvgIpc) is 3.07. The lowest BCUT2D eigenvalue weighted by Gasteiger charge is -2.08. The third kappa shape index (κ3) is 7.90. The zero-order valence-electron chi connectivity index (χ0n) is 26.3. The number of hydrogen-bond donors (Lipinski definition) is 0. The standard InChI is InChI=1S/C38H31N3O6/c1-24-7-5-9-34(26(24)3)39-22-28-11-16-31(17-12-28)46-37(42)30-15-20-33(36(21-30)41(44)45)38(43)47-32-18-13-29(14-19-32)23-40-35-10-6-8-25(2)27(35)4/h5-23H,1-4H3. The summed E-state index contributed by atoms with van der Waals surface area (Å²) in [4.78, 5) is 45.9. The molecule has 0 atom stereocenters. The first-order chi connectivity index (χ1) is 22.6. The predicted octanol–water partition coefficient (Wildman–Crippen LogP) is 8.77. The number of aryl methyl sites for hydroxylation is 2. The monoisotopic (exact) mass is 625 g/mol. The third-order valence-corrected chi connectivity index (χ3v) is 7.69. The first kappa shape index (κ1) is 32.2. The smallest absolute Gasteiger partial charge is 0.350 e. The second kappa shape index (κ2) is 14.3. The number of carbonyl (C=O) groups is 2. The Morgan fingerprint density at radius 2 is 1.11 bits per heavy atom. The van der Waals surface area contributed by atoms with E-state index in [0.717, 1.165) is 50.8 Å². The molecule has 9 heteroatoms. The van der Waals surface area contributed by atoms with E-state index in [-0.39, 0.29) is 22.6 Å². The van der Waals surface area contributed by atoms with Crippen molar-refractivity contribution in [2.75, 3.05) is 0 Å². The van der Waals surface area contributed by atoms with E-state index < -0.39 is 22.5 Å². The van der Waals surface area contributed by atoms with Crippen LogP contribution in [0.5, 0.6) is 11.5 Å². The van der Waals surface area contributed by atoms with Gasteiger partial charge >= 0.3 is 11.9 Å². The molecule has 0 bridgehead atoms. The molecule has 5 rings (SSSR count). The highest BCUT2D eigenvalue weighted by molar-refractivity contribution is 5.99. The summed E-state index contributed by atoms with van der Waals surface area (Å²) < 4.78 is 10.8. The summed E-state index contributed by atoms with van der Waals surface area (Å²) in [6, 6.07) is 28.5. The Morgan fingerprint density at radius 1 is 0.638 bits per heavy atom. The van der Waals surface area contributed by atoms with Crippen LogP contribution >= 0.6 is 0 Å². The van der Waals surface area contributed by atoms with Crippen molar-refractivity contribution in [3.63, 3.8) is 0 Å². The molecule has 0 aromatic heterocycles. The molecule has 0 N–H and O–H groups in total. The fraction of sp³-hybridized carbons (Fsp3) is 0.105. The Balaban J connectivity index is 1.23. The van der Waals surface area contributed by atoms with Gasteiger partial charge in [0.2, 0.25) is 0 Å². The normalized spacial score (nSPS) is 11.1. The van der Waals surface area contributed by atoms with Crippen LogP contribution in [0.4, 0.5) is 17.1 Å². The molecular weight excluding hydrogens is 594 g/mol. The lowest BCUT2D eigenvalue weighted by molar-refractivity contribution is -0.385. The molecule has 234 valence electrons. The van der Waals surface area contributed by atoms with E-state index in [4.69, 9.17) is 9.47 Å². The zero-order valence-corrected chi connectivity index (χ0v) is 26.3. The van der Waals surface area contributed by atoms with Crippen molar-refractivity contribution in [2.45, 2.75) is 27.7 Å². The first-order valence-corrected chi connectivity index (χ1v) is 14.7. The number of carbonyl (C=O) groups excluding carboxylic acids is 2. The highest BCUT2D eigenvalue weighted by Crippen LogP contribution is 2.26. The molecule has 0 aliphatic carbocycles. The predicted molar refractivity (Wildman–Crippen MR) is 182 cm³/mol. The molecule has 0 aliphatic heterocycles. The topological polar surface area (TPSA) is 120 Å². The minimum Gasteiger partial charge on any atom is -0.423 e. The Labute approximate surface area is 272 Å². The number of nitro groups is 1. The van der Waals surface area contributed by atoms with Crippen LogP contribution < -0.4 is 9.47 Å². The van der Waals surface area contributed by atoms with Crippen molar-refractivity contribution in [2.24, 2.45) is 9.98 Å². The van der Waals surface area contributed by atoms with Gasteiger partial charge in [0.25, 0.3) is 5.69 Å². The SMILES string of the molecule is Cc1cccc(N=Cc2ccc(OC(=O)c3ccc(C(=O)Oc4ccc(C=Nc5cccc(C)c5C)cc4)c([N+](=O)[O-])c3)cc2)c1C. The van der Waals surface area contributed by atoms with Gasteiger partial charge < -0.3 is 9.47 Å². The maximum atomic E-state index is 12.9. The maximum Gasteiger partial charge on any atom is 0.350 e. The van der Waals surface area contributed by atoms with E-state index in [0.29, 0.717) is 0 Å². The van der Waals surface area contributed by atoms with E-state index in [9.17, 15) is 19.7 Å². The van der Waals surface area contributed by atoms with Gasteiger partial charge in [-0.15, -0.1) is 0 Å². The minimum atomic E-state index is -0.938. The molecule has 0 aliphatic rings. The number of rotatable bonds is 9. The van der Waals surface area contributed by atoms with Crippen molar-refractivity contribution in [1.29, 1.82) is 0 Å². The summed E-state index contributed by atoms with van der Waals surface area (Å²) in [5.74, 6) is -1.32. The van der Waals surface area contributed by atoms with Crippen LogP contribution in [-0.4, -0.2) is 29.3 Å². The summed E-state index contributed by atoms with van der Waals surface area (Å²) in [6.45, 7) is 8.06. The molecule has 0 heterocycles. The van der Waals surface area contributed by atoms with Crippen molar-refractivity contribution in [3.05, 3.63) is 158 Å². The number of benzene rings is 5. The second-order valence-corrected chi connectivity index (χ2v) is 10.9. The molecular formula is C38H31N3O6. The highest BCUT2D eigenvalue weighted by atomic mass is 16.6. The number of aliphatic imine (C=N–C) groups is 2. The Morgan fingerprint density at radius 3 is 1.57 bits per heavy atom. The largest absolute Gasteiger partial charge is 0.423 e. The molecule has 0 unspecified atom stereocenters. The number of nitrogens with zero attached hydrogens (tertiary/aromatic N) is 3. The van der Waals surface area contributed by atoms with Gasteiger partial charge in [-0.1, -0.05) is 24.3 Å². The van der Waals surface area contributed by atoms with Crippen LogP contribution in [0, 0.1) is 37.8 Å². The molecule has 5 aromatic rings. The molecule has 5 aromatic carbocycles. The van der Waals surface area contributed by atoms with Gasteiger partial charge in [0.15, 0.2) is 0 Å². The van der Waals surface area contributed by atoms with Gasteiger partial charge in [-0.2, -0.15) is 0 Å². The van der Waals surface area contributed by atoms with E-state index in [2.05, 4.69) is 9.98 Å². The fourth-order valence-corrected chi connectivity index (χ4v) is 4.59. The lowest BCUT2D eigenvalue weighted by atomic mass is 10.1. The van der Waals surface area contributed by atoms with Gasteiger partial charge in [0, 0.05) is 18.5 Å². The molecule has 0 saturated heterocycles. The van der Waals surface area contributed by atoms with Crippen LogP contribution in [-0.2, 0) is 0 Å². The molecule has 9 nitrogen and oxygen atoms in total. The van der Waals surface area contributed by atoms with Gasteiger partial charge in [0.05, 0.1) is 21.9 Å². The summed E-state index contributed by atoms with van der Waals surface area (Å²) in [5, 5.41) is 11.9. The number of nitro benzene ring substituents is 1. The average molecular weight is 626 g/mol. The van der Waals surface area contributed by atoms with E-state index in [1.165, 1.54) is 12.1 Å². The summed E-state index contributed by atoms with van der Waals surface area (Å²) in [6.07, 6.45) is 3.41. The van der Waals surface area contributed by atoms with E-state index >= 15 is 0 Å². The van der Waals surface area contributed by atoms with Gasteiger partial charge in [0.1, 0.15) is 17.1 Å². The number of ether oxygens (including phenoxy) is 2. The van der Waals surface area contributed by atoms with Gasteiger partial charge in [-0.05, 0) is 134 Å². The Hall–Kier alpha value is -6.22. The fourth-order valence-electron chi connectivity index (χ4n) is 4.59. The summed E-state index contributed by atoms with van der Waals surface area (Å²) in [5.41, 5.74) is 6.76. The molecule has 0 spiro atoms. The zero-order chi connectivity index (χ0) is 33.5. The molecule has 0 fully saturated rings. The van der Waals surface area contributed by atoms with Crippen molar-refractivity contribution in [3.8, 4) is 11.5 Å². The van der Waals surface area contributed by atoms with Gasteiger partial charge in [-0.25, -0.2) is 9.59 Å². The molecule has 0 radical (unpaired) electrons. The van der Waals surface area contributed by atoms with Crippen LogP contribution in [0.15, 0.2) is 113 Å². The quantitative estimate of drug-likeness (QED) is 0.0531. The molecule has 47 heavy (non-hydrogen) atoms. The maximum absolute atomic E-state index is 12.9. The molecule has 0 saturated carbocycles. The van der Waals surface area contributed by atoms with Crippen LogP contribution in [0.2, 0.25) is 0 Å². The van der Waals surface area contributed by atoms with Crippen LogP contribution in [0.25, 0.3) is 0 Å². The number of esters is 2. The highest BCUT2D eigenvalue weighted by Gasteiger charge is 2.25. The third-order valence-electron chi connectivity index (χ3n) is 7.69. The van der Waals surface area contributed by atoms with E-state index in [1.54, 1.807) is 61.0 Å². The second-order valence-electron chi connectivity index (χ2n) is 10.9. The molecule has 0 amide bonds. The number of hydrogen-bond acceptors (Lipinski definition) is 8.